The average molecular weight is 453 g/mol. The van der Waals surface area contributed by atoms with Gasteiger partial charge in [0.15, 0.2) is 11.5 Å². The highest BCUT2D eigenvalue weighted by molar-refractivity contribution is 5.97. The second kappa shape index (κ2) is 10.5. The topological polar surface area (TPSA) is 105 Å². The van der Waals surface area contributed by atoms with E-state index in [2.05, 4.69) is 25.9 Å². The van der Waals surface area contributed by atoms with Gasteiger partial charge in [-0.25, -0.2) is 18.7 Å². The van der Waals surface area contributed by atoms with Gasteiger partial charge < -0.3 is 21.7 Å². The Bertz CT molecular complexity index is 1130. The van der Waals surface area contributed by atoms with Crippen LogP contribution in [0.25, 0.3) is 11.3 Å². The van der Waals surface area contributed by atoms with E-state index in [1.54, 1.807) is 0 Å². The number of nitrogen functional groups attached to an aromatic ring is 1. The zero-order valence-electron chi connectivity index (χ0n) is 18.1. The predicted octanol–water partition coefficient (Wildman–Crippen LogP) is 2.78. The second-order valence-electron chi connectivity index (χ2n) is 8.05. The first-order valence-corrected chi connectivity index (χ1v) is 10.9. The average Bonchev–Trinajstić information content (AvgIpc) is 2.81. The summed E-state index contributed by atoms with van der Waals surface area (Å²) in [6.07, 6.45) is 3.44. The van der Waals surface area contributed by atoms with E-state index in [0.717, 1.165) is 43.1 Å². The molecule has 3 aromatic rings. The van der Waals surface area contributed by atoms with Crippen LogP contribution in [0.2, 0.25) is 0 Å². The minimum absolute atomic E-state index is 0.0384. The maximum absolute atomic E-state index is 13.8. The number of halogens is 2. The van der Waals surface area contributed by atoms with Crippen molar-refractivity contribution in [1.82, 2.24) is 25.9 Å². The molecule has 172 valence electrons. The largest absolute Gasteiger partial charge is 0.382 e. The number of aromatic nitrogens is 2. The number of nitrogens with two attached hydrogens (primary N) is 1. The Morgan fingerprint density at radius 3 is 2.85 bits per heavy atom. The van der Waals surface area contributed by atoms with Crippen LogP contribution in [-0.4, -0.2) is 35.0 Å². The molecule has 0 saturated carbocycles. The van der Waals surface area contributed by atoms with Gasteiger partial charge >= 0.3 is 0 Å². The van der Waals surface area contributed by atoms with E-state index in [1.807, 2.05) is 24.3 Å². The molecule has 2 aromatic carbocycles. The van der Waals surface area contributed by atoms with E-state index >= 15 is 0 Å². The highest BCUT2D eigenvalue weighted by Gasteiger charge is 2.20. The minimum atomic E-state index is -0.600. The van der Waals surface area contributed by atoms with Crippen LogP contribution >= 0.6 is 0 Å². The molecule has 4 rings (SSSR count). The van der Waals surface area contributed by atoms with E-state index in [-0.39, 0.29) is 30.0 Å². The van der Waals surface area contributed by atoms with Crippen molar-refractivity contribution >= 4 is 11.7 Å². The molecule has 9 heteroatoms. The van der Waals surface area contributed by atoms with Gasteiger partial charge in [0.25, 0.3) is 5.91 Å². The number of anilines is 1. The van der Waals surface area contributed by atoms with E-state index in [4.69, 9.17) is 5.73 Å². The molecule has 1 atom stereocenters. The molecule has 1 amide bonds. The minimum Gasteiger partial charge on any atom is -0.382 e. The SMILES string of the molecule is Nc1ncc(-c2cccc(CNCc3ccc(F)cc3F)c2)nc1C(=O)N[C@H]1CCCNC1. The number of amides is 1. The van der Waals surface area contributed by atoms with Crippen molar-refractivity contribution in [2.75, 3.05) is 18.8 Å². The number of nitrogens with one attached hydrogen (secondary N) is 3. The van der Waals surface area contributed by atoms with Crippen molar-refractivity contribution in [3.05, 3.63) is 77.1 Å². The fraction of sp³-hybridized carbons (Fsp3) is 0.292. The number of benzene rings is 2. The van der Waals surface area contributed by atoms with Crippen molar-refractivity contribution in [3.63, 3.8) is 0 Å². The third-order valence-electron chi connectivity index (χ3n) is 5.53. The van der Waals surface area contributed by atoms with Crippen molar-refractivity contribution in [1.29, 1.82) is 0 Å². The first-order chi connectivity index (χ1) is 16.0. The van der Waals surface area contributed by atoms with Crippen LogP contribution in [0.1, 0.15) is 34.5 Å². The summed E-state index contributed by atoms with van der Waals surface area (Å²) in [5.74, 6) is -1.44. The van der Waals surface area contributed by atoms with Crippen molar-refractivity contribution in [3.8, 4) is 11.3 Å². The highest BCUT2D eigenvalue weighted by Crippen LogP contribution is 2.20. The van der Waals surface area contributed by atoms with Crippen LogP contribution in [-0.2, 0) is 13.1 Å². The third kappa shape index (κ3) is 5.88. The molecular weight excluding hydrogens is 426 g/mol. The summed E-state index contributed by atoms with van der Waals surface area (Å²) in [7, 11) is 0. The molecule has 1 aliphatic heterocycles. The lowest BCUT2D eigenvalue weighted by Crippen LogP contribution is -2.46. The van der Waals surface area contributed by atoms with E-state index in [0.29, 0.717) is 17.8 Å². The Labute approximate surface area is 190 Å². The van der Waals surface area contributed by atoms with Crippen molar-refractivity contribution < 1.29 is 13.6 Å². The zero-order valence-corrected chi connectivity index (χ0v) is 18.1. The van der Waals surface area contributed by atoms with Gasteiger partial charge in [0.05, 0.1) is 11.9 Å². The summed E-state index contributed by atoms with van der Waals surface area (Å²) in [5, 5.41) is 9.38. The molecule has 0 spiro atoms. The van der Waals surface area contributed by atoms with Crippen LogP contribution in [0.4, 0.5) is 14.6 Å². The molecule has 0 radical (unpaired) electrons. The molecule has 1 fully saturated rings. The Kier molecular flexibility index (Phi) is 7.21. The molecule has 1 saturated heterocycles. The molecule has 0 bridgehead atoms. The molecule has 0 unspecified atom stereocenters. The summed E-state index contributed by atoms with van der Waals surface area (Å²) in [6.45, 7) is 2.40. The molecular formula is C24H26F2N6O. The second-order valence-corrected chi connectivity index (χ2v) is 8.05. The maximum atomic E-state index is 13.8. The van der Waals surface area contributed by atoms with Crippen LogP contribution in [0, 0.1) is 11.6 Å². The number of hydrogen-bond donors (Lipinski definition) is 4. The number of carbonyl (C=O) groups is 1. The molecule has 1 aliphatic rings. The van der Waals surface area contributed by atoms with Crippen LogP contribution in [0.15, 0.2) is 48.7 Å². The summed E-state index contributed by atoms with van der Waals surface area (Å²) in [5.41, 5.74) is 8.68. The van der Waals surface area contributed by atoms with E-state index in [1.165, 1.54) is 18.3 Å². The van der Waals surface area contributed by atoms with Gasteiger partial charge in [-0.15, -0.1) is 0 Å². The Hall–Kier alpha value is -3.43. The molecule has 5 N–H and O–H groups in total. The quantitative estimate of drug-likeness (QED) is 0.440. The fourth-order valence-electron chi connectivity index (χ4n) is 3.78. The highest BCUT2D eigenvalue weighted by atomic mass is 19.1. The van der Waals surface area contributed by atoms with Gasteiger partial charge in [-0.3, -0.25) is 4.79 Å². The van der Waals surface area contributed by atoms with Gasteiger partial charge in [0, 0.05) is 42.9 Å². The number of piperidine rings is 1. The molecule has 1 aromatic heterocycles. The number of nitrogens with zero attached hydrogens (tertiary/aromatic N) is 2. The first-order valence-electron chi connectivity index (χ1n) is 10.9. The van der Waals surface area contributed by atoms with Crippen LogP contribution in [0.5, 0.6) is 0 Å². The van der Waals surface area contributed by atoms with E-state index in [9.17, 15) is 13.6 Å². The molecule has 2 heterocycles. The number of carbonyl (C=O) groups excluding carboxylic acids is 1. The Morgan fingerprint density at radius 2 is 2.06 bits per heavy atom. The summed E-state index contributed by atoms with van der Waals surface area (Å²) in [4.78, 5) is 21.4. The zero-order chi connectivity index (χ0) is 23.2. The lowest BCUT2D eigenvalue weighted by molar-refractivity contribution is 0.0926. The first kappa shape index (κ1) is 22.8. The fourth-order valence-corrected chi connectivity index (χ4v) is 3.78. The predicted molar refractivity (Wildman–Crippen MR) is 122 cm³/mol. The Balaban J connectivity index is 1.44. The van der Waals surface area contributed by atoms with Gasteiger partial charge in [0.2, 0.25) is 0 Å². The van der Waals surface area contributed by atoms with Crippen molar-refractivity contribution in [2.45, 2.75) is 32.0 Å². The smallest absolute Gasteiger partial charge is 0.274 e. The molecule has 0 aliphatic carbocycles. The third-order valence-corrected chi connectivity index (χ3v) is 5.53. The van der Waals surface area contributed by atoms with Crippen LogP contribution < -0.4 is 21.7 Å². The number of hydrogen-bond acceptors (Lipinski definition) is 6. The van der Waals surface area contributed by atoms with Crippen molar-refractivity contribution in [2.24, 2.45) is 0 Å². The lowest BCUT2D eigenvalue weighted by Gasteiger charge is -2.23. The van der Waals surface area contributed by atoms with Gasteiger partial charge in [-0.1, -0.05) is 24.3 Å². The number of rotatable bonds is 7. The molecule has 7 nitrogen and oxygen atoms in total. The van der Waals surface area contributed by atoms with E-state index < -0.39 is 11.6 Å². The summed E-state index contributed by atoms with van der Waals surface area (Å²) < 4.78 is 26.9. The monoisotopic (exact) mass is 452 g/mol. The summed E-state index contributed by atoms with van der Waals surface area (Å²) in [6, 6.07) is 11.2. The van der Waals surface area contributed by atoms with Gasteiger partial charge in [0.1, 0.15) is 11.6 Å². The lowest BCUT2D eigenvalue weighted by atomic mass is 10.1. The van der Waals surface area contributed by atoms with Gasteiger partial charge in [-0.05, 0) is 37.1 Å². The Morgan fingerprint density at radius 1 is 1.18 bits per heavy atom. The molecule has 33 heavy (non-hydrogen) atoms. The van der Waals surface area contributed by atoms with Gasteiger partial charge in [-0.2, -0.15) is 0 Å². The standard InChI is InChI=1S/C24H26F2N6O/c25-18-7-6-17(20(26)10-18)12-29-11-15-3-1-4-16(9-15)21-14-30-23(27)22(32-21)24(33)31-19-5-2-8-28-13-19/h1,3-4,6-7,9-10,14,19,28-29H,2,5,8,11-13H2,(H2,27,30)(H,31,33)/t19-/m0/s1. The van der Waals surface area contributed by atoms with Crippen LogP contribution in [0.3, 0.4) is 0 Å². The summed E-state index contributed by atoms with van der Waals surface area (Å²) >= 11 is 0. The normalized spacial score (nSPS) is 15.9. The maximum Gasteiger partial charge on any atom is 0.274 e.